The molecule has 11 heteroatoms. The van der Waals surface area contributed by atoms with Crippen LogP contribution in [0.2, 0.25) is 5.02 Å². The Labute approximate surface area is 240 Å². The van der Waals surface area contributed by atoms with Crippen LogP contribution in [0.5, 0.6) is 0 Å². The van der Waals surface area contributed by atoms with E-state index in [4.69, 9.17) is 16.3 Å². The Morgan fingerprint density at radius 1 is 0.829 bits per heavy atom. The molecule has 0 radical (unpaired) electrons. The van der Waals surface area contributed by atoms with E-state index < -0.39 is 45.4 Å². The highest BCUT2D eigenvalue weighted by molar-refractivity contribution is 7.92. The molecule has 7 nitrogen and oxygen atoms in total. The quantitative estimate of drug-likeness (QED) is 0.123. The summed E-state index contributed by atoms with van der Waals surface area (Å²) < 4.78 is 64.3. The van der Waals surface area contributed by atoms with Gasteiger partial charge in [-0.25, -0.2) is 21.5 Å². The van der Waals surface area contributed by atoms with Crippen molar-refractivity contribution < 1.29 is 31.5 Å². The van der Waals surface area contributed by atoms with Crippen LogP contribution in [-0.2, 0) is 14.8 Å². The fraction of sp³-hybridized carbons (Fsp3) is 0.133. The molecule has 5 rings (SSSR count). The van der Waals surface area contributed by atoms with Crippen molar-refractivity contribution in [2.24, 2.45) is 0 Å². The second kappa shape index (κ2) is 11.8. The van der Waals surface area contributed by atoms with Crippen LogP contribution in [0.1, 0.15) is 38.9 Å². The summed E-state index contributed by atoms with van der Waals surface area (Å²) in [5, 5.41) is 0.288. The summed E-state index contributed by atoms with van der Waals surface area (Å²) in [6.45, 7) is -0.122. The van der Waals surface area contributed by atoms with Gasteiger partial charge in [-0.2, -0.15) is 0 Å². The highest BCUT2D eigenvalue weighted by Crippen LogP contribution is 2.37. The Morgan fingerprint density at radius 2 is 1.44 bits per heavy atom. The zero-order valence-electron chi connectivity index (χ0n) is 21.4. The third-order valence-corrected chi connectivity index (χ3v) is 8.52. The number of nitrogens with zero attached hydrogens (tertiary/aromatic N) is 2. The van der Waals surface area contributed by atoms with E-state index in [0.717, 1.165) is 23.1 Å². The van der Waals surface area contributed by atoms with Crippen LogP contribution < -0.4 is 4.31 Å². The smallest absolute Gasteiger partial charge is 0.266 e. The van der Waals surface area contributed by atoms with E-state index in [1.54, 1.807) is 54.6 Å². The van der Waals surface area contributed by atoms with Crippen molar-refractivity contribution in [3.05, 3.63) is 130 Å². The number of rotatable bonds is 10. The van der Waals surface area contributed by atoms with Crippen molar-refractivity contribution in [1.29, 1.82) is 0 Å². The average molecular weight is 597 g/mol. The number of fused-ring (bicyclic) bond motifs is 1. The molecule has 1 aliphatic heterocycles. The van der Waals surface area contributed by atoms with Gasteiger partial charge < -0.3 is 4.74 Å². The fourth-order valence-electron chi connectivity index (χ4n) is 4.53. The van der Waals surface area contributed by atoms with E-state index in [1.807, 2.05) is 0 Å². The normalized spacial score (nSPS) is 13.8. The number of ether oxygens (including phenoxy) is 1. The molecule has 210 valence electrons. The molecule has 1 aliphatic rings. The molecular formula is C30H23ClF2N2O5S. The van der Waals surface area contributed by atoms with Crippen molar-refractivity contribution in [2.75, 3.05) is 17.5 Å². The first-order chi connectivity index (χ1) is 19.7. The summed E-state index contributed by atoms with van der Waals surface area (Å²) in [7, 11) is -4.54. The number of amides is 2. The molecule has 1 unspecified atom stereocenters. The maximum atomic E-state index is 15.2. The number of carbonyl (C=O) groups excluding carboxylic acids is 2. The Bertz CT molecular complexity index is 1670. The number of hydrogen-bond acceptors (Lipinski definition) is 5. The van der Waals surface area contributed by atoms with Crippen LogP contribution in [0.3, 0.4) is 0 Å². The zero-order valence-corrected chi connectivity index (χ0v) is 23.0. The number of sulfonamides is 1. The van der Waals surface area contributed by atoms with Crippen LogP contribution in [0.25, 0.3) is 0 Å². The third kappa shape index (κ3) is 5.72. The van der Waals surface area contributed by atoms with E-state index in [9.17, 15) is 22.4 Å². The first-order valence-corrected chi connectivity index (χ1v) is 14.4. The van der Waals surface area contributed by atoms with Crippen LogP contribution in [0.4, 0.5) is 14.5 Å². The van der Waals surface area contributed by atoms with Crippen molar-refractivity contribution in [3.8, 4) is 0 Å². The summed E-state index contributed by atoms with van der Waals surface area (Å²) in [5.41, 5.74) is 0.397. The highest BCUT2D eigenvalue weighted by Gasteiger charge is 2.37. The monoisotopic (exact) mass is 596 g/mol. The Kier molecular flexibility index (Phi) is 8.16. The number of anilines is 1. The molecule has 4 aromatic carbocycles. The Morgan fingerprint density at radius 3 is 2.07 bits per heavy atom. The lowest BCUT2D eigenvalue weighted by Crippen LogP contribution is -2.38. The molecule has 1 atom stereocenters. The number of carbonyl (C=O) groups is 2. The van der Waals surface area contributed by atoms with Crippen molar-refractivity contribution >= 4 is 39.1 Å². The first kappa shape index (κ1) is 28.4. The molecule has 2 amide bonds. The van der Waals surface area contributed by atoms with Gasteiger partial charge in [0.05, 0.1) is 28.3 Å². The molecule has 0 spiro atoms. The zero-order chi connectivity index (χ0) is 29.1. The standard InChI is InChI=1S/C30H23ClF2N2O5S/c31-21-11-14-23(15-12-21)41(38,39)35(27-19-22(32)13-16-26(27)33)30(20-7-2-1-3-8-20)40-18-6-17-34-28(36)24-9-4-5-10-25(24)29(34)37/h1-5,7-16,19,30H,6,17-18H2. The molecule has 0 N–H and O–H groups in total. The second-order valence-electron chi connectivity index (χ2n) is 9.15. The Balaban J connectivity index is 1.47. The van der Waals surface area contributed by atoms with Gasteiger partial charge >= 0.3 is 0 Å². The van der Waals surface area contributed by atoms with Gasteiger partial charge in [0.1, 0.15) is 11.6 Å². The lowest BCUT2D eigenvalue weighted by Gasteiger charge is -2.33. The van der Waals surface area contributed by atoms with Crippen LogP contribution in [0, 0.1) is 11.6 Å². The van der Waals surface area contributed by atoms with Gasteiger partial charge in [0.15, 0.2) is 6.23 Å². The minimum Gasteiger partial charge on any atom is -0.353 e. The maximum Gasteiger partial charge on any atom is 0.266 e. The van der Waals surface area contributed by atoms with Gasteiger partial charge in [0.2, 0.25) is 0 Å². The van der Waals surface area contributed by atoms with E-state index in [-0.39, 0.29) is 29.5 Å². The molecule has 1 heterocycles. The minimum absolute atomic E-state index is 0.00607. The lowest BCUT2D eigenvalue weighted by atomic mass is 10.1. The van der Waals surface area contributed by atoms with Gasteiger partial charge in [-0.15, -0.1) is 0 Å². The van der Waals surface area contributed by atoms with Crippen LogP contribution in [0.15, 0.2) is 102 Å². The molecule has 0 bridgehead atoms. The molecule has 41 heavy (non-hydrogen) atoms. The molecule has 4 aromatic rings. The number of benzene rings is 4. The van der Waals surface area contributed by atoms with Crippen LogP contribution in [-0.4, -0.2) is 38.3 Å². The largest absolute Gasteiger partial charge is 0.353 e. The predicted octanol–water partition coefficient (Wildman–Crippen LogP) is 6.22. The van der Waals surface area contributed by atoms with E-state index in [0.29, 0.717) is 21.0 Å². The van der Waals surface area contributed by atoms with Crippen molar-refractivity contribution in [2.45, 2.75) is 17.5 Å². The SMILES string of the molecule is O=C1c2ccccc2C(=O)N1CCCOC(c1ccccc1)N(c1cc(F)ccc1F)S(=O)(=O)c1ccc(Cl)cc1. The first-order valence-electron chi connectivity index (χ1n) is 12.6. The van der Waals surface area contributed by atoms with E-state index in [2.05, 4.69) is 0 Å². The van der Waals surface area contributed by atoms with Gasteiger partial charge in [0.25, 0.3) is 21.8 Å². The molecule has 0 fully saturated rings. The lowest BCUT2D eigenvalue weighted by molar-refractivity contribution is 0.0484. The highest BCUT2D eigenvalue weighted by atomic mass is 35.5. The summed E-state index contributed by atoms with van der Waals surface area (Å²) >= 11 is 5.96. The van der Waals surface area contributed by atoms with Crippen molar-refractivity contribution in [1.82, 2.24) is 4.90 Å². The van der Waals surface area contributed by atoms with Crippen molar-refractivity contribution in [3.63, 3.8) is 0 Å². The number of imide groups is 1. The summed E-state index contributed by atoms with van der Waals surface area (Å²) in [6.07, 6.45) is -1.29. The second-order valence-corrected chi connectivity index (χ2v) is 11.4. The molecular weight excluding hydrogens is 574 g/mol. The fourth-order valence-corrected chi connectivity index (χ4v) is 6.20. The minimum atomic E-state index is -4.54. The third-order valence-electron chi connectivity index (χ3n) is 6.49. The summed E-state index contributed by atoms with van der Waals surface area (Å²) in [4.78, 5) is 26.3. The van der Waals surface area contributed by atoms with Gasteiger partial charge in [0, 0.05) is 23.2 Å². The maximum absolute atomic E-state index is 15.2. The summed E-state index contributed by atoms with van der Waals surface area (Å²) in [5.74, 6) is -2.70. The van der Waals surface area contributed by atoms with Gasteiger partial charge in [-0.05, 0) is 55.0 Å². The topological polar surface area (TPSA) is 84.0 Å². The molecule has 0 saturated heterocycles. The molecule has 0 aliphatic carbocycles. The predicted molar refractivity (Wildman–Crippen MR) is 149 cm³/mol. The number of hydrogen-bond donors (Lipinski definition) is 0. The van der Waals surface area contributed by atoms with Crippen LogP contribution >= 0.6 is 11.6 Å². The molecule has 0 aromatic heterocycles. The summed E-state index contributed by atoms with van der Waals surface area (Å²) in [6, 6.07) is 22.4. The average Bonchev–Trinajstić information content (AvgIpc) is 3.21. The molecule has 0 saturated carbocycles. The number of halogens is 3. The van der Waals surface area contributed by atoms with E-state index in [1.165, 1.54) is 24.3 Å². The van der Waals surface area contributed by atoms with E-state index >= 15 is 4.39 Å². The Hall–Kier alpha value is -4.12. The van der Waals surface area contributed by atoms with Gasteiger partial charge in [-0.3, -0.25) is 14.5 Å². The van der Waals surface area contributed by atoms with Gasteiger partial charge in [-0.1, -0.05) is 54.1 Å².